The number of hydrazone groups is 1. The number of hydrogen-bond acceptors (Lipinski definition) is 5. The molecule has 4 aromatic rings. The van der Waals surface area contributed by atoms with Gasteiger partial charge in [0.2, 0.25) is 6.79 Å². The number of ether oxygens (including phenoxy) is 2. The lowest BCUT2D eigenvalue weighted by atomic mass is 10.0. The van der Waals surface area contributed by atoms with E-state index in [0.29, 0.717) is 10.8 Å². The van der Waals surface area contributed by atoms with Crippen LogP contribution in [0.4, 0.5) is 5.82 Å². The fourth-order valence-electron chi connectivity index (χ4n) is 3.28. The highest BCUT2D eigenvalue weighted by molar-refractivity contribution is 6.31. The predicted molar refractivity (Wildman–Crippen MR) is 116 cm³/mol. The van der Waals surface area contributed by atoms with E-state index in [2.05, 4.69) is 27.6 Å². The van der Waals surface area contributed by atoms with Gasteiger partial charge in [-0.1, -0.05) is 41.9 Å². The number of nitrogens with one attached hydrogen (secondary N) is 1. The van der Waals surface area contributed by atoms with E-state index in [-0.39, 0.29) is 6.79 Å². The number of fused-ring (bicyclic) bond motifs is 2. The maximum Gasteiger partial charge on any atom is 0.231 e. The van der Waals surface area contributed by atoms with Crippen LogP contribution in [0, 0.1) is 0 Å². The van der Waals surface area contributed by atoms with Crippen LogP contribution in [0.5, 0.6) is 11.5 Å². The Morgan fingerprint density at radius 2 is 1.79 bits per heavy atom. The number of nitrogens with zero attached hydrogens (tertiary/aromatic N) is 2. The molecule has 2 heterocycles. The van der Waals surface area contributed by atoms with E-state index in [9.17, 15) is 0 Å². The summed E-state index contributed by atoms with van der Waals surface area (Å²) in [6, 6.07) is 23.5. The number of pyridine rings is 1. The maximum atomic E-state index is 6.22. The summed E-state index contributed by atoms with van der Waals surface area (Å²) in [7, 11) is 0. The summed E-state index contributed by atoms with van der Waals surface area (Å²) in [6.45, 7) is 0.251. The van der Waals surface area contributed by atoms with E-state index >= 15 is 0 Å². The van der Waals surface area contributed by atoms with E-state index in [1.165, 1.54) is 0 Å². The molecule has 0 radical (unpaired) electrons. The first-order valence-electron chi connectivity index (χ1n) is 9.11. The van der Waals surface area contributed by atoms with Gasteiger partial charge in [-0.3, -0.25) is 5.43 Å². The van der Waals surface area contributed by atoms with Crippen molar-refractivity contribution in [3.05, 3.63) is 83.4 Å². The standard InChI is InChI=1S/C23H16ClN3O2/c24-17-7-8-20-19(11-17)18(16-4-2-1-3-5-16)12-23(26-20)27-25-13-15-6-9-21-22(10-15)29-14-28-21/h1-13H,14H2,(H,26,27)/b25-13-. The van der Waals surface area contributed by atoms with Crippen LogP contribution >= 0.6 is 11.6 Å². The minimum Gasteiger partial charge on any atom is -0.454 e. The van der Waals surface area contributed by atoms with Gasteiger partial charge in [-0.15, -0.1) is 0 Å². The summed E-state index contributed by atoms with van der Waals surface area (Å²) in [6.07, 6.45) is 1.72. The van der Waals surface area contributed by atoms with Crippen molar-refractivity contribution in [3.63, 3.8) is 0 Å². The van der Waals surface area contributed by atoms with E-state index in [4.69, 9.17) is 21.1 Å². The van der Waals surface area contributed by atoms with Crippen molar-refractivity contribution in [2.75, 3.05) is 12.2 Å². The van der Waals surface area contributed by atoms with Crippen molar-refractivity contribution in [3.8, 4) is 22.6 Å². The summed E-state index contributed by atoms with van der Waals surface area (Å²) in [5.74, 6) is 2.12. The fraction of sp³-hybridized carbons (Fsp3) is 0.0435. The van der Waals surface area contributed by atoms with Crippen molar-refractivity contribution in [2.45, 2.75) is 0 Å². The zero-order chi connectivity index (χ0) is 19.6. The minimum atomic E-state index is 0.251. The minimum absolute atomic E-state index is 0.251. The number of rotatable bonds is 4. The topological polar surface area (TPSA) is 55.7 Å². The number of anilines is 1. The lowest BCUT2D eigenvalue weighted by molar-refractivity contribution is 0.174. The largest absolute Gasteiger partial charge is 0.454 e. The molecule has 142 valence electrons. The first kappa shape index (κ1) is 17.5. The third-order valence-corrected chi connectivity index (χ3v) is 4.88. The Morgan fingerprint density at radius 3 is 2.69 bits per heavy atom. The van der Waals surface area contributed by atoms with Crippen molar-refractivity contribution < 1.29 is 9.47 Å². The number of halogens is 1. The van der Waals surface area contributed by atoms with Crippen LogP contribution < -0.4 is 14.9 Å². The van der Waals surface area contributed by atoms with Gasteiger partial charge in [0.05, 0.1) is 11.7 Å². The van der Waals surface area contributed by atoms with Crippen molar-refractivity contribution in [2.24, 2.45) is 5.10 Å². The molecule has 3 aromatic carbocycles. The molecular formula is C23H16ClN3O2. The van der Waals surface area contributed by atoms with Crippen LogP contribution in [0.2, 0.25) is 5.02 Å². The van der Waals surface area contributed by atoms with Gasteiger partial charge in [-0.2, -0.15) is 5.10 Å². The van der Waals surface area contributed by atoms with Crippen molar-refractivity contribution in [1.29, 1.82) is 0 Å². The van der Waals surface area contributed by atoms with Gasteiger partial charge in [-0.25, -0.2) is 4.98 Å². The zero-order valence-electron chi connectivity index (χ0n) is 15.3. The molecule has 0 atom stereocenters. The maximum absolute atomic E-state index is 6.22. The van der Waals surface area contributed by atoms with Gasteiger partial charge in [0.1, 0.15) is 5.82 Å². The van der Waals surface area contributed by atoms with Gasteiger partial charge in [0.15, 0.2) is 11.5 Å². The molecule has 0 spiro atoms. The number of aromatic nitrogens is 1. The van der Waals surface area contributed by atoms with E-state index < -0.39 is 0 Å². The molecule has 5 rings (SSSR count). The summed E-state index contributed by atoms with van der Waals surface area (Å²) in [4.78, 5) is 4.66. The first-order valence-corrected chi connectivity index (χ1v) is 9.48. The average Bonchev–Trinajstić information content (AvgIpc) is 3.22. The number of benzene rings is 3. The van der Waals surface area contributed by atoms with Crippen LogP contribution in [-0.2, 0) is 0 Å². The van der Waals surface area contributed by atoms with Crippen LogP contribution in [0.3, 0.4) is 0 Å². The van der Waals surface area contributed by atoms with Crippen molar-refractivity contribution >= 4 is 34.5 Å². The third-order valence-electron chi connectivity index (χ3n) is 4.64. The Balaban J connectivity index is 1.48. The van der Waals surface area contributed by atoms with E-state index in [1.807, 2.05) is 60.7 Å². The second-order valence-corrected chi connectivity index (χ2v) is 7.00. The molecule has 6 heteroatoms. The molecule has 0 saturated carbocycles. The van der Waals surface area contributed by atoms with Gasteiger partial charge >= 0.3 is 0 Å². The highest BCUT2D eigenvalue weighted by atomic mass is 35.5. The summed E-state index contributed by atoms with van der Waals surface area (Å²) < 4.78 is 10.7. The predicted octanol–water partition coefficient (Wildman–Crippen LogP) is 5.73. The molecule has 1 aliphatic heterocycles. The van der Waals surface area contributed by atoms with Gasteiger partial charge in [0.25, 0.3) is 0 Å². The Kier molecular flexibility index (Phi) is 4.50. The van der Waals surface area contributed by atoms with Crippen LogP contribution in [0.1, 0.15) is 5.56 Å². The Bertz CT molecular complexity index is 1230. The van der Waals surface area contributed by atoms with Crippen molar-refractivity contribution in [1.82, 2.24) is 4.98 Å². The quantitative estimate of drug-likeness (QED) is 0.350. The smallest absolute Gasteiger partial charge is 0.231 e. The zero-order valence-corrected chi connectivity index (χ0v) is 16.1. The Labute approximate surface area is 172 Å². The lowest BCUT2D eigenvalue weighted by Crippen LogP contribution is -1.96. The molecule has 0 unspecified atom stereocenters. The molecule has 0 fully saturated rings. The Morgan fingerprint density at radius 1 is 0.931 bits per heavy atom. The summed E-state index contributed by atoms with van der Waals surface area (Å²) in [5, 5.41) is 6.01. The van der Waals surface area contributed by atoms with Gasteiger partial charge in [-0.05, 0) is 59.2 Å². The summed E-state index contributed by atoms with van der Waals surface area (Å²) in [5.41, 5.74) is 6.90. The van der Waals surface area contributed by atoms with Crippen LogP contribution in [0.25, 0.3) is 22.0 Å². The second-order valence-electron chi connectivity index (χ2n) is 6.57. The highest BCUT2D eigenvalue weighted by Crippen LogP contribution is 2.33. The fourth-order valence-corrected chi connectivity index (χ4v) is 3.45. The first-order chi connectivity index (χ1) is 14.3. The molecule has 0 saturated heterocycles. The highest BCUT2D eigenvalue weighted by Gasteiger charge is 2.12. The van der Waals surface area contributed by atoms with Crippen LogP contribution in [-0.4, -0.2) is 18.0 Å². The SMILES string of the molecule is Clc1ccc2nc(N/N=C\c3ccc4c(c3)OCO4)cc(-c3ccccc3)c2c1. The Hall–Kier alpha value is -3.57. The van der Waals surface area contributed by atoms with Gasteiger partial charge < -0.3 is 9.47 Å². The molecule has 1 N–H and O–H groups in total. The van der Waals surface area contributed by atoms with E-state index in [0.717, 1.165) is 39.1 Å². The van der Waals surface area contributed by atoms with Gasteiger partial charge in [0, 0.05) is 10.4 Å². The van der Waals surface area contributed by atoms with Crippen LogP contribution in [0.15, 0.2) is 77.9 Å². The molecule has 1 aromatic heterocycles. The molecular weight excluding hydrogens is 386 g/mol. The summed E-state index contributed by atoms with van der Waals surface area (Å²) >= 11 is 6.22. The lowest BCUT2D eigenvalue weighted by Gasteiger charge is -2.10. The molecule has 0 amide bonds. The molecule has 0 bridgehead atoms. The second kappa shape index (κ2) is 7.45. The average molecular weight is 402 g/mol. The third kappa shape index (κ3) is 3.60. The monoisotopic (exact) mass is 401 g/mol. The number of hydrogen-bond donors (Lipinski definition) is 1. The molecule has 1 aliphatic rings. The molecule has 29 heavy (non-hydrogen) atoms. The van der Waals surface area contributed by atoms with E-state index in [1.54, 1.807) is 6.21 Å². The normalized spacial score (nSPS) is 12.6. The molecule has 5 nitrogen and oxygen atoms in total. The molecule has 0 aliphatic carbocycles.